The standard InChI is InChI=1S/C24H34N2O/c1-25(2)18-15-24(27-23-12-5-3-6-13-23)22-11-9-10-21(20-22)14-19-26-16-7-4-8-17-26/h3,5-6,9-13,20,24H,4,7-8,14-19H2,1-2H3. The van der Waals surface area contributed by atoms with Crippen molar-refractivity contribution in [1.29, 1.82) is 0 Å². The zero-order chi connectivity index (χ0) is 18.9. The molecule has 3 heteroatoms. The molecule has 146 valence electrons. The SMILES string of the molecule is CN(C)CCC(Oc1ccccc1)c1cccc(CCN2CCCCC2)c1. The molecule has 2 aromatic carbocycles. The highest BCUT2D eigenvalue weighted by Crippen LogP contribution is 2.26. The van der Waals surface area contributed by atoms with Gasteiger partial charge in [0, 0.05) is 19.5 Å². The molecule has 0 aliphatic carbocycles. The van der Waals surface area contributed by atoms with Crippen molar-refractivity contribution in [2.75, 3.05) is 40.3 Å². The van der Waals surface area contributed by atoms with E-state index < -0.39 is 0 Å². The molecule has 3 nitrogen and oxygen atoms in total. The minimum Gasteiger partial charge on any atom is -0.486 e. The third kappa shape index (κ3) is 6.67. The van der Waals surface area contributed by atoms with E-state index in [0.717, 1.165) is 25.1 Å². The van der Waals surface area contributed by atoms with Crippen molar-refractivity contribution < 1.29 is 4.74 Å². The van der Waals surface area contributed by atoms with Crippen molar-refractivity contribution in [3.8, 4) is 5.75 Å². The average molecular weight is 367 g/mol. The first-order chi connectivity index (χ1) is 13.2. The number of benzene rings is 2. The largest absolute Gasteiger partial charge is 0.486 e. The highest BCUT2D eigenvalue weighted by atomic mass is 16.5. The van der Waals surface area contributed by atoms with Gasteiger partial charge in [-0.2, -0.15) is 0 Å². The summed E-state index contributed by atoms with van der Waals surface area (Å²) in [7, 11) is 4.24. The first-order valence-electron chi connectivity index (χ1n) is 10.4. The first-order valence-corrected chi connectivity index (χ1v) is 10.4. The van der Waals surface area contributed by atoms with Crippen LogP contribution in [0, 0.1) is 0 Å². The van der Waals surface area contributed by atoms with Gasteiger partial charge in [-0.1, -0.05) is 48.9 Å². The van der Waals surface area contributed by atoms with Gasteiger partial charge in [0.25, 0.3) is 0 Å². The molecule has 1 atom stereocenters. The minimum absolute atomic E-state index is 0.0877. The lowest BCUT2D eigenvalue weighted by Gasteiger charge is -2.26. The molecule has 0 amide bonds. The van der Waals surface area contributed by atoms with Crippen LogP contribution in [0.3, 0.4) is 0 Å². The second kappa shape index (κ2) is 10.5. The molecule has 0 aromatic heterocycles. The minimum atomic E-state index is 0.0877. The summed E-state index contributed by atoms with van der Waals surface area (Å²) in [5.74, 6) is 0.944. The lowest BCUT2D eigenvalue weighted by Crippen LogP contribution is -2.31. The van der Waals surface area contributed by atoms with Crippen molar-refractivity contribution in [2.45, 2.75) is 38.2 Å². The predicted octanol–water partition coefficient (Wildman–Crippen LogP) is 4.79. The fourth-order valence-electron chi connectivity index (χ4n) is 3.75. The van der Waals surface area contributed by atoms with Gasteiger partial charge in [-0.05, 0) is 69.7 Å². The van der Waals surface area contributed by atoms with Crippen molar-refractivity contribution >= 4 is 0 Å². The van der Waals surface area contributed by atoms with Crippen LogP contribution in [0.25, 0.3) is 0 Å². The number of piperidine rings is 1. The summed E-state index contributed by atoms with van der Waals surface area (Å²) < 4.78 is 6.36. The predicted molar refractivity (Wildman–Crippen MR) is 113 cm³/mol. The maximum absolute atomic E-state index is 6.36. The molecule has 1 aliphatic rings. The first kappa shape index (κ1) is 19.9. The molecule has 1 fully saturated rings. The highest BCUT2D eigenvalue weighted by molar-refractivity contribution is 5.28. The van der Waals surface area contributed by atoms with E-state index in [1.54, 1.807) is 0 Å². The van der Waals surface area contributed by atoms with E-state index in [1.807, 2.05) is 30.3 Å². The fourth-order valence-corrected chi connectivity index (χ4v) is 3.75. The van der Waals surface area contributed by atoms with E-state index in [0.29, 0.717) is 0 Å². The molecule has 27 heavy (non-hydrogen) atoms. The Labute approximate surface area is 164 Å². The Kier molecular flexibility index (Phi) is 7.73. The van der Waals surface area contributed by atoms with E-state index in [1.165, 1.54) is 50.0 Å². The molecule has 1 saturated heterocycles. The number of rotatable bonds is 9. The van der Waals surface area contributed by atoms with Crippen molar-refractivity contribution in [2.24, 2.45) is 0 Å². The Hall–Kier alpha value is -1.84. The molecule has 0 spiro atoms. The molecular weight excluding hydrogens is 332 g/mol. The monoisotopic (exact) mass is 366 g/mol. The number of nitrogens with zero attached hydrogens (tertiary/aromatic N) is 2. The molecule has 0 radical (unpaired) electrons. The number of hydrogen-bond acceptors (Lipinski definition) is 3. The van der Waals surface area contributed by atoms with Crippen LogP contribution in [0.15, 0.2) is 54.6 Å². The van der Waals surface area contributed by atoms with E-state index in [4.69, 9.17) is 4.74 Å². The Morgan fingerprint density at radius 3 is 2.48 bits per heavy atom. The van der Waals surface area contributed by atoms with E-state index in [-0.39, 0.29) is 6.10 Å². The summed E-state index contributed by atoms with van der Waals surface area (Å²) in [5, 5.41) is 0. The molecule has 0 N–H and O–H groups in total. The maximum atomic E-state index is 6.36. The van der Waals surface area contributed by atoms with Gasteiger partial charge in [0.1, 0.15) is 11.9 Å². The van der Waals surface area contributed by atoms with Crippen LogP contribution in [-0.4, -0.2) is 50.1 Å². The van der Waals surface area contributed by atoms with Crippen molar-refractivity contribution in [3.05, 3.63) is 65.7 Å². The number of hydrogen-bond donors (Lipinski definition) is 0. The van der Waals surface area contributed by atoms with E-state index >= 15 is 0 Å². The van der Waals surface area contributed by atoms with Gasteiger partial charge in [-0.25, -0.2) is 0 Å². The van der Waals surface area contributed by atoms with Gasteiger partial charge >= 0.3 is 0 Å². The van der Waals surface area contributed by atoms with Crippen LogP contribution in [0.1, 0.15) is 42.9 Å². The van der Waals surface area contributed by atoms with Gasteiger partial charge in [-0.3, -0.25) is 0 Å². The maximum Gasteiger partial charge on any atom is 0.125 e. The molecular formula is C24H34N2O. The molecule has 1 heterocycles. The Balaban J connectivity index is 1.66. The summed E-state index contributed by atoms with van der Waals surface area (Å²) in [6.07, 6.45) is 6.31. The summed E-state index contributed by atoms with van der Waals surface area (Å²) >= 11 is 0. The van der Waals surface area contributed by atoms with Crippen LogP contribution in [0.2, 0.25) is 0 Å². The third-order valence-corrected chi connectivity index (χ3v) is 5.35. The zero-order valence-electron chi connectivity index (χ0n) is 16.9. The topological polar surface area (TPSA) is 15.7 Å². The van der Waals surface area contributed by atoms with Crippen LogP contribution < -0.4 is 4.74 Å². The fraction of sp³-hybridized carbons (Fsp3) is 0.500. The van der Waals surface area contributed by atoms with Gasteiger partial charge < -0.3 is 14.5 Å². The summed E-state index contributed by atoms with van der Waals surface area (Å²) in [4.78, 5) is 4.84. The quantitative estimate of drug-likeness (QED) is 0.635. The van der Waals surface area contributed by atoms with E-state index in [9.17, 15) is 0 Å². The summed E-state index contributed by atoms with van der Waals surface area (Å²) in [5.41, 5.74) is 2.71. The Morgan fingerprint density at radius 1 is 0.963 bits per heavy atom. The van der Waals surface area contributed by atoms with Crippen molar-refractivity contribution in [3.63, 3.8) is 0 Å². The second-order valence-electron chi connectivity index (χ2n) is 7.91. The van der Waals surface area contributed by atoms with Gasteiger partial charge in [0.05, 0.1) is 0 Å². The van der Waals surface area contributed by atoms with E-state index in [2.05, 4.69) is 48.2 Å². The zero-order valence-corrected chi connectivity index (χ0v) is 16.9. The number of likely N-dealkylation sites (tertiary alicyclic amines) is 1. The highest BCUT2D eigenvalue weighted by Gasteiger charge is 2.15. The Bertz CT molecular complexity index is 665. The molecule has 3 rings (SSSR count). The molecule has 0 saturated carbocycles. The van der Waals surface area contributed by atoms with Gasteiger partial charge in [0.2, 0.25) is 0 Å². The lowest BCUT2D eigenvalue weighted by molar-refractivity contribution is 0.179. The van der Waals surface area contributed by atoms with Crippen LogP contribution in [0.5, 0.6) is 5.75 Å². The third-order valence-electron chi connectivity index (χ3n) is 5.35. The number of ether oxygens (including phenoxy) is 1. The van der Waals surface area contributed by atoms with Gasteiger partial charge in [0.15, 0.2) is 0 Å². The average Bonchev–Trinajstić information content (AvgIpc) is 2.71. The van der Waals surface area contributed by atoms with Crippen LogP contribution >= 0.6 is 0 Å². The molecule has 0 bridgehead atoms. The summed E-state index contributed by atoms with van der Waals surface area (Å²) in [6.45, 7) is 4.71. The Morgan fingerprint density at radius 2 is 1.74 bits per heavy atom. The smallest absolute Gasteiger partial charge is 0.125 e. The molecule has 1 aliphatic heterocycles. The lowest BCUT2D eigenvalue weighted by atomic mass is 10.0. The van der Waals surface area contributed by atoms with Crippen LogP contribution in [-0.2, 0) is 6.42 Å². The normalized spacial score (nSPS) is 16.4. The van der Waals surface area contributed by atoms with Crippen LogP contribution in [0.4, 0.5) is 0 Å². The molecule has 1 unspecified atom stereocenters. The van der Waals surface area contributed by atoms with Gasteiger partial charge in [-0.15, -0.1) is 0 Å². The molecule has 2 aromatic rings. The number of para-hydroxylation sites is 1. The van der Waals surface area contributed by atoms with Crippen molar-refractivity contribution in [1.82, 2.24) is 9.80 Å². The summed E-state index contributed by atoms with van der Waals surface area (Å²) in [6, 6.07) is 19.2. The second-order valence-corrected chi connectivity index (χ2v) is 7.91.